The van der Waals surface area contributed by atoms with Crippen LogP contribution in [0.4, 0.5) is 0 Å². The fraction of sp³-hybridized carbons (Fsp3) is 0.440. The molecule has 1 saturated heterocycles. The first-order chi connectivity index (χ1) is 15.1. The van der Waals surface area contributed by atoms with E-state index in [1.807, 2.05) is 35.2 Å². The molecule has 6 nitrogen and oxygen atoms in total. The molecule has 2 aliphatic rings. The van der Waals surface area contributed by atoms with Crippen LogP contribution in [-0.2, 0) is 22.5 Å². The monoisotopic (exact) mass is 422 g/mol. The minimum absolute atomic E-state index is 0.0701. The number of carbonyl (C=O) groups is 2. The van der Waals surface area contributed by atoms with Gasteiger partial charge in [-0.3, -0.25) is 4.79 Å². The maximum atomic E-state index is 12.5. The second-order valence-corrected chi connectivity index (χ2v) is 8.28. The summed E-state index contributed by atoms with van der Waals surface area (Å²) in [6.45, 7) is 2.24. The van der Waals surface area contributed by atoms with Crippen LogP contribution in [-0.4, -0.2) is 49.1 Å². The van der Waals surface area contributed by atoms with Gasteiger partial charge >= 0.3 is 5.97 Å². The van der Waals surface area contributed by atoms with Gasteiger partial charge in [0.1, 0.15) is 11.9 Å². The first-order valence-electron chi connectivity index (χ1n) is 11.1. The van der Waals surface area contributed by atoms with E-state index in [1.165, 1.54) is 12.7 Å². The van der Waals surface area contributed by atoms with Gasteiger partial charge in [-0.2, -0.15) is 0 Å². The summed E-state index contributed by atoms with van der Waals surface area (Å²) in [7, 11) is 1.38. The zero-order chi connectivity index (χ0) is 21.6. The van der Waals surface area contributed by atoms with E-state index in [1.54, 1.807) is 12.1 Å². The molecule has 2 aromatic carbocycles. The number of nitrogens with zero attached hydrogens (tertiary/aromatic N) is 1. The molecule has 2 atom stereocenters. The van der Waals surface area contributed by atoms with E-state index in [0.717, 1.165) is 50.1 Å². The molecular weight excluding hydrogens is 392 g/mol. The number of rotatable bonds is 8. The average Bonchev–Trinajstić information content (AvgIpc) is 3.15. The van der Waals surface area contributed by atoms with Crippen LogP contribution in [0, 0.1) is 0 Å². The zero-order valence-electron chi connectivity index (χ0n) is 18.0. The van der Waals surface area contributed by atoms with Crippen LogP contribution in [0.1, 0.15) is 47.2 Å². The highest BCUT2D eigenvalue weighted by molar-refractivity contribution is 5.89. The molecule has 2 aliphatic heterocycles. The van der Waals surface area contributed by atoms with Gasteiger partial charge < -0.3 is 19.7 Å². The van der Waals surface area contributed by atoms with Gasteiger partial charge in [-0.15, -0.1) is 0 Å². The molecule has 0 spiro atoms. The van der Waals surface area contributed by atoms with Crippen molar-refractivity contribution in [2.45, 2.75) is 50.8 Å². The first-order valence-corrected chi connectivity index (χ1v) is 11.1. The number of likely N-dealkylation sites (tertiary alicyclic amines) is 1. The quantitative estimate of drug-likeness (QED) is 0.522. The van der Waals surface area contributed by atoms with E-state index in [0.29, 0.717) is 18.5 Å². The first kappa shape index (κ1) is 21.4. The van der Waals surface area contributed by atoms with E-state index in [9.17, 15) is 9.59 Å². The number of nitrogens with one attached hydrogen (secondary N) is 1. The van der Waals surface area contributed by atoms with Crippen LogP contribution >= 0.6 is 0 Å². The Morgan fingerprint density at radius 3 is 2.74 bits per heavy atom. The Morgan fingerprint density at radius 1 is 1.13 bits per heavy atom. The Morgan fingerprint density at radius 2 is 1.94 bits per heavy atom. The number of hydrogen-bond acceptors (Lipinski definition) is 5. The predicted molar refractivity (Wildman–Crippen MR) is 118 cm³/mol. The van der Waals surface area contributed by atoms with Crippen molar-refractivity contribution in [1.82, 2.24) is 10.2 Å². The lowest BCUT2D eigenvalue weighted by Gasteiger charge is -2.32. The molecule has 0 aliphatic carbocycles. The van der Waals surface area contributed by atoms with E-state index >= 15 is 0 Å². The molecule has 0 radical (unpaired) electrons. The summed E-state index contributed by atoms with van der Waals surface area (Å²) in [6, 6.07) is 15.9. The van der Waals surface area contributed by atoms with Gasteiger partial charge in [-0.1, -0.05) is 30.3 Å². The highest BCUT2D eigenvalue weighted by atomic mass is 16.5. The number of ether oxygens (including phenoxy) is 2. The van der Waals surface area contributed by atoms with Crippen LogP contribution in [0.5, 0.6) is 5.75 Å². The number of hydrogen-bond donors (Lipinski definition) is 1. The molecule has 0 saturated carbocycles. The standard InChI is InChI=1S/C25H30N2O4/c1-30-25(29)20-8-6-18(7-9-20)16-26-15-14-21-11-13-24(28)27(21)17-22-12-10-19-4-2-3-5-23(19)31-22/h2-9,21-22,26H,10-17H2,1H3. The van der Waals surface area contributed by atoms with E-state index < -0.39 is 0 Å². The van der Waals surface area contributed by atoms with Crippen molar-refractivity contribution in [2.24, 2.45) is 0 Å². The van der Waals surface area contributed by atoms with Crippen molar-refractivity contribution in [3.05, 3.63) is 65.2 Å². The second-order valence-electron chi connectivity index (χ2n) is 8.28. The Bertz CT molecular complexity index is 912. The maximum absolute atomic E-state index is 12.5. The third-order valence-electron chi connectivity index (χ3n) is 6.21. The fourth-order valence-corrected chi connectivity index (χ4v) is 4.45. The number of methoxy groups -OCH3 is 1. The third-order valence-corrected chi connectivity index (χ3v) is 6.21. The average molecular weight is 423 g/mol. The van der Waals surface area contributed by atoms with E-state index in [-0.39, 0.29) is 24.0 Å². The van der Waals surface area contributed by atoms with Gasteiger partial charge in [-0.05, 0) is 61.6 Å². The Balaban J connectivity index is 1.24. The zero-order valence-corrected chi connectivity index (χ0v) is 18.0. The summed E-state index contributed by atoms with van der Waals surface area (Å²) >= 11 is 0. The van der Waals surface area contributed by atoms with Gasteiger partial charge in [0.2, 0.25) is 5.91 Å². The van der Waals surface area contributed by atoms with Crippen molar-refractivity contribution in [2.75, 3.05) is 20.2 Å². The summed E-state index contributed by atoms with van der Waals surface area (Å²) in [5.74, 6) is 0.878. The number of amides is 1. The lowest BCUT2D eigenvalue weighted by atomic mass is 10.0. The lowest BCUT2D eigenvalue weighted by molar-refractivity contribution is -0.130. The Hall–Kier alpha value is -2.86. The fourth-order valence-electron chi connectivity index (χ4n) is 4.45. The van der Waals surface area contributed by atoms with Gasteiger partial charge in [-0.25, -0.2) is 4.79 Å². The largest absolute Gasteiger partial charge is 0.488 e. The minimum Gasteiger partial charge on any atom is -0.488 e. The molecule has 2 aromatic rings. The summed E-state index contributed by atoms with van der Waals surface area (Å²) in [5, 5.41) is 3.46. The van der Waals surface area contributed by atoms with Gasteiger partial charge in [0.25, 0.3) is 0 Å². The van der Waals surface area contributed by atoms with Crippen molar-refractivity contribution >= 4 is 11.9 Å². The molecule has 4 rings (SSSR count). The number of aryl methyl sites for hydroxylation is 1. The van der Waals surface area contributed by atoms with Gasteiger partial charge in [0, 0.05) is 19.0 Å². The molecule has 2 heterocycles. The van der Waals surface area contributed by atoms with Crippen molar-refractivity contribution in [3.8, 4) is 5.75 Å². The number of carbonyl (C=O) groups excluding carboxylic acids is 2. The normalized spacial score (nSPS) is 20.3. The second kappa shape index (κ2) is 9.96. The Labute approximate surface area is 183 Å². The molecule has 1 amide bonds. The minimum atomic E-state index is -0.323. The van der Waals surface area contributed by atoms with Gasteiger partial charge in [0.05, 0.1) is 19.2 Å². The SMILES string of the molecule is COC(=O)c1ccc(CNCCC2CCC(=O)N2CC2CCc3ccccc3O2)cc1. The number of benzene rings is 2. The molecule has 6 heteroatoms. The summed E-state index contributed by atoms with van der Waals surface area (Å²) in [6.07, 6.45) is 4.49. The van der Waals surface area contributed by atoms with Crippen LogP contribution in [0.25, 0.3) is 0 Å². The highest BCUT2D eigenvalue weighted by Crippen LogP contribution is 2.29. The summed E-state index contributed by atoms with van der Waals surface area (Å²) < 4.78 is 10.9. The van der Waals surface area contributed by atoms with E-state index in [2.05, 4.69) is 11.4 Å². The van der Waals surface area contributed by atoms with Crippen LogP contribution < -0.4 is 10.1 Å². The molecule has 164 valence electrons. The number of fused-ring (bicyclic) bond motifs is 1. The molecule has 31 heavy (non-hydrogen) atoms. The smallest absolute Gasteiger partial charge is 0.337 e. The third kappa shape index (κ3) is 5.25. The molecule has 2 unspecified atom stereocenters. The molecule has 0 aromatic heterocycles. The van der Waals surface area contributed by atoms with Crippen LogP contribution in [0.3, 0.4) is 0 Å². The van der Waals surface area contributed by atoms with Gasteiger partial charge in [0.15, 0.2) is 0 Å². The van der Waals surface area contributed by atoms with E-state index in [4.69, 9.17) is 9.47 Å². The lowest BCUT2D eigenvalue weighted by Crippen LogP contribution is -2.43. The molecule has 1 fully saturated rings. The molecule has 1 N–H and O–H groups in total. The van der Waals surface area contributed by atoms with Crippen molar-refractivity contribution in [3.63, 3.8) is 0 Å². The summed E-state index contributed by atoms with van der Waals surface area (Å²) in [4.78, 5) is 26.0. The highest BCUT2D eigenvalue weighted by Gasteiger charge is 2.33. The maximum Gasteiger partial charge on any atom is 0.337 e. The molecule has 0 bridgehead atoms. The topological polar surface area (TPSA) is 67.9 Å². The predicted octanol–water partition coefficient (Wildman–Crippen LogP) is 3.34. The Kier molecular flexibility index (Phi) is 6.87. The van der Waals surface area contributed by atoms with Crippen LogP contribution in [0.15, 0.2) is 48.5 Å². The summed E-state index contributed by atoms with van der Waals surface area (Å²) in [5.41, 5.74) is 2.92. The number of esters is 1. The number of para-hydroxylation sites is 1. The van der Waals surface area contributed by atoms with Crippen molar-refractivity contribution < 1.29 is 19.1 Å². The van der Waals surface area contributed by atoms with Crippen LogP contribution in [0.2, 0.25) is 0 Å². The molecular formula is C25H30N2O4. The van der Waals surface area contributed by atoms with Crippen molar-refractivity contribution in [1.29, 1.82) is 0 Å².